The molecule has 4 aromatic rings. The molecule has 6 rings (SSSR count). The van der Waals surface area contributed by atoms with Crippen molar-refractivity contribution in [3.63, 3.8) is 0 Å². The fourth-order valence-corrected chi connectivity index (χ4v) is 6.91. The van der Waals surface area contributed by atoms with E-state index in [2.05, 4.69) is 10.1 Å². The standard InChI is InChI=1S/C29H25FN4O3S/c1-20-5-11-25(12-6-20)38(36,37)33-15-13-22-16-27-21(18-32-34(27)24-9-7-23(30)8-10-24)17-29(22,19-33)28(35)26-4-2-3-14-31-26/h2-12,14,16,18H,13,15,17,19H2,1H3/t29-/m0/s1. The molecule has 192 valence electrons. The van der Waals surface area contributed by atoms with Crippen LogP contribution >= 0.6 is 0 Å². The van der Waals surface area contributed by atoms with Crippen molar-refractivity contribution < 1.29 is 17.6 Å². The first-order valence-corrected chi connectivity index (χ1v) is 13.8. The minimum absolute atomic E-state index is 0.00557. The van der Waals surface area contributed by atoms with Crippen LogP contribution in [0.3, 0.4) is 0 Å². The van der Waals surface area contributed by atoms with E-state index in [4.69, 9.17) is 0 Å². The average molecular weight is 529 g/mol. The predicted octanol–water partition coefficient (Wildman–Crippen LogP) is 4.62. The van der Waals surface area contributed by atoms with Crippen LogP contribution < -0.4 is 0 Å². The summed E-state index contributed by atoms with van der Waals surface area (Å²) < 4.78 is 44.0. The summed E-state index contributed by atoms with van der Waals surface area (Å²) in [5, 5.41) is 4.53. The summed E-state index contributed by atoms with van der Waals surface area (Å²) in [7, 11) is -3.83. The lowest BCUT2D eigenvalue weighted by atomic mass is 9.65. The zero-order valence-electron chi connectivity index (χ0n) is 20.7. The van der Waals surface area contributed by atoms with Crippen molar-refractivity contribution in [1.82, 2.24) is 19.1 Å². The summed E-state index contributed by atoms with van der Waals surface area (Å²) in [5.41, 5.74) is 3.32. The van der Waals surface area contributed by atoms with Crippen LogP contribution in [0, 0.1) is 18.2 Å². The average Bonchev–Trinajstić information content (AvgIpc) is 3.34. The van der Waals surface area contributed by atoms with Crippen LogP contribution in [0.4, 0.5) is 4.39 Å². The molecule has 0 N–H and O–H groups in total. The lowest BCUT2D eigenvalue weighted by molar-refractivity contribution is 0.0770. The first-order chi connectivity index (χ1) is 18.3. The van der Waals surface area contributed by atoms with Gasteiger partial charge in [-0.05, 0) is 79.9 Å². The number of aryl methyl sites for hydroxylation is 1. The Balaban J connectivity index is 1.45. The maximum absolute atomic E-state index is 14.1. The summed E-state index contributed by atoms with van der Waals surface area (Å²) in [4.78, 5) is 18.7. The molecule has 3 heterocycles. The van der Waals surface area contributed by atoms with Crippen LogP contribution in [0.2, 0.25) is 0 Å². The number of Topliss-reactive ketones (excluding diaryl/α,β-unsaturated/α-hetero) is 1. The number of hydrogen-bond acceptors (Lipinski definition) is 5. The Bertz CT molecular complexity index is 1660. The summed E-state index contributed by atoms with van der Waals surface area (Å²) in [6, 6.07) is 18.0. The van der Waals surface area contributed by atoms with Crippen molar-refractivity contribution in [2.24, 2.45) is 5.41 Å². The van der Waals surface area contributed by atoms with Gasteiger partial charge in [-0.25, -0.2) is 17.5 Å². The fraction of sp³-hybridized carbons (Fsp3) is 0.207. The lowest BCUT2D eigenvalue weighted by Gasteiger charge is -2.44. The number of fused-ring (bicyclic) bond motifs is 2. The molecule has 1 aliphatic heterocycles. The number of carbonyl (C=O) groups is 1. The molecular weight excluding hydrogens is 503 g/mol. The van der Waals surface area contributed by atoms with Gasteiger partial charge in [-0.1, -0.05) is 29.3 Å². The number of aromatic nitrogens is 3. The third-order valence-corrected chi connectivity index (χ3v) is 9.30. The van der Waals surface area contributed by atoms with E-state index in [1.807, 2.05) is 13.0 Å². The van der Waals surface area contributed by atoms with Gasteiger partial charge in [0.05, 0.1) is 27.9 Å². The molecule has 1 atom stereocenters. The monoisotopic (exact) mass is 528 g/mol. The minimum Gasteiger partial charge on any atom is -0.291 e. The van der Waals surface area contributed by atoms with Gasteiger partial charge in [0.25, 0.3) is 0 Å². The number of ketones is 1. The quantitative estimate of drug-likeness (QED) is 0.353. The van der Waals surface area contributed by atoms with E-state index >= 15 is 0 Å². The molecule has 1 fully saturated rings. The number of pyridine rings is 1. The Morgan fingerprint density at radius 1 is 1.03 bits per heavy atom. The van der Waals surface area contributed by atoms with E-state index in [-0.39, 0.29) is 36.0 Å². The Morgan fingerprint density at radius 3 is 2.50 bits per heavy atom. The van der Waals surface area contributed by atoms with Crippen LogP contribution in [-0.2, 0) is 16.4 Å². The summed E-state index contributed by atoms with van der Waals surface area (Å²) in [6.45, 7) is 2.16. The highest BCUT2D eigenvalue weighted by Gasteiger charge is 2.51. The van der Waals surface area contributed by atoms with E-state index in [0.717, 1.165) is 22.4 Å². The Kier molecular flexibility index (Phi) is 5.85. The second kappa shape index (κ2) is 9.11. The number of hydrogen-bond donors (Lipinski definition) is 0. The van der Waals surface area contributed by atoms with Crippen molar-refractivity contribution in [3.05, 3.63) is 113 Å². The molecule has 9 heteroatoms. The summed E-state index contributed by atoms with van der Waals surface area (Å²) in [5.74, 6) is -0.552. The third-order valence-electron chi connectivity index (χ3n) is 7.44. The molecule has 0 unspecified atom stereocenters. The Labute approximate surface area is 220 Å². The molecule has 2 aliphatic rings. The normalized spacial score (nSPS) is 19.4. The zero-order valence-corrected chi connectivity index (χ0v) is 21.5. The number of piperidine rings is 1. The SMILES string of the molecule is Cc1ccc(S(=O)(=O)N2CCC3=Cc4c(cnn4-c4ccc(F)cc4)C[C@]3(C(=O)c3ccccn3)C2)cc1. The van der Waals surface area contributed by atoms with Gasteiger partial charge in [-0.3, -0.25) is 9.78 Å². The summed E-state index contributed by atoms with van der Waals surface area (Å²) >= 11 is 0. The van der Waals surface area contributed by atoms with E-state index < -0.39 is 15.4 Å². The molecule has 1 aliphatic carbocycles. The molecule has 0 saturated carbocycles. The molecule has 0 radical (unpaired) electrons. The van der Waals surface area contributed by atoms with Crippen molar-refractivity contribution in [2.75, 3.05) is 13.1 Å². The molecule has 38 heavy (non-hydrogen) atoms. The Hall–Kier alpha value is -3.95. The molecule has 0 bridgehead atoms. The van der Waals surface area contributed by atoms with Gasteiger partial charge < -0.3 is 0 Å². The van der Waals surface area contributed by atoms with Gasteiger partial charge in [0.15, 0.2) is 5.78 Å². The Morgan fingerprint density at radius 2 is 1.79 bits per heavy atom. The molecular formula is C29H25FN4O3S. The largest absolute Gasteiger partial charge is 0.291 e. The van der Waals surface area contributed by atoms with Crippen LogP contribution in [-0.4, -0.2) is 46.4 Å². The first kappa shape index (κ1) is 24.4. The van der Waals surface area contributed by atoms with Gasteiger partial charge in [-0.2, -0.15) is 9.40 Å². The number of halogens is 1. The second-order valence-electron chi connectivity index (χ2n) is 9.82. The van der Waals surface area contributed by atoms with E-state index in [9.17, 15) is 17.6 Å². The molecule has 7 nitrogen and oxygen atoms in total. The van der Waals surface area contributed by atoms with Crippen molar-refractivity contribution in [1.29, 1.82) is 0 Å². The van der Waals surface area contributed by atoms with Gasteiger partial charge in [0.1, 0.15) is 11.5 Å². The van der Waals surface area contributed by atoms with E-state index in [1.165, 1.54) is 16.4 Å². The van der Waals surface area contributed by atoms with E-state index in [0.29, 0.717) is 17.8 Å². The van der Waals surface area contributed by atoms with Gasteiger partial charge in [0.2, 0.25) is 10.0 Å². The fourth-order valence-electron chi connectivity index (χ4n) is 5.41. The van der Waals surface area contributed by atoms with Crippen LogP contribution in [0.1, 0.15) is 33.7 Å². The number of rotatable bonds is 5. The van der Waals surface area contributed by atoms with Crippen molar-refractivity contribution >= 4 is 21.9 Å². The van der Waals surface area contributed by atoms with Gasteiger partial charge >= 0.3 is 0 Å². The smallest absolute Gasteiger partial charge is 0.243 e. The molecule has 0 amide bonds. The highest BCUT2D eigenvalue weighted by atomic mass is 32.2. The van der Waals surface area contributed by atoms with Gasteiger partial charge in [-0.15, -0.1) is 0 Å². The van der Waals surface area contributed by atoms with Crippen molar-refractivity contribution in [3.8, 4) is 5.69 Å². The van der Waals surface area contributed by atoms with Crippen LogP contribution in [0.15, 0.2) is 89.6 Å². The maximum Gasteiger partial charge on any atom is 0.243 e. The highest BCUT2D eigenvalue weighted by Crippen LogP contribution is 2.47. The third kappa shape index (κ3) is 3.99. The lowest BCUT2D eigenvalue weighted by Crippen LogP contribution is -2.53. The van der Waals surface area contributed by atoms with Crippen molar-refractivity contribution in [2.45, 2.75) is 24.7 Å². The highest BCUT2D eigenvalue weighted by molar-refractivity contribution is 7.89. The molecule has 1 saturated heterocycles. The van der Waals surface area contributed by atoms with Crippen LogP contribution in [0.5, 0.6) is 0 Å². The van der Waals surface area contributed by atoms with E-state index in [1.54, 1.807) is 71.7 Å². The van der Waals surface area contributed by atoms with Gasteiger partial charge in [0, 0.05) is 19.3 Å². The second-order valence-corrected chi connectivity index (χ2v) is 11.8. The maximum atomic E-state index is 14.1. The number of carbonyl (C=O) groups excluding carboxylic acids is 1. The molecule has 2 aromatic carbocycles. The number of nitrogens with zero attached hydrogens (tertiary/aromatic N) is 4. The molecule has 0 spiro atoms. The zero-order chi connectivity index (χ0) is 26.5. The number of benzene rings is 2. The minimum atomic E-state index is -3.83. The first-order valence-electron chi connectivity index (χ1n) is 12.3. The molecule has 2 aromatic heterocycles. The predicted molar refractivity (Wildman–Crippen MR) is 141 cm³/mol. The topological polar surface area (TPSA) is 85.2 Å². The summed E-state index contributed by atoms with van der Waals surface area (Å²) in [6.07, 6.45) is 5.89. The van der Waals surface area contributed by atoms with Crippen LogP contribution in [0.25, 0.3) is 11.8 Å². The number of sulfonamides is 1.